The molecule has 2 aromatic carbocycles. The van der Waals surface area contributed by atoms with Crippen LogP contribution in [-0.2, 0) is 19.2 Å². The Balaban J connectivity index is 1.41. The normalized spacial score (nSPS) is 11.0. The van der Waals surface area contributed by atoms with Gasteiger partial charge in [-0.15, -0.1) is 20.4 Å². The van der Waals surface area contributed by atoms with Crippen molar-refractivity contribution >= 4 is 11.8 Å². The van der Waals surface area contributed by atoms with Gasteiger partial charge < -0.3 is 8.98 Å². The van der Waals surface area contributed by atoms with Crippen LogP contribution in [0.2, 0.25) is 0 Å². The van der Waals surface area contributed by atoms with Crippen molar-refractivity contribution in [1.82, 2.24) is 25.0 Å². The molecule has 0 aliphatic rings. The molecule has 7 heteroatoms. The molecule has 0 radical (unpaired) electrons. The van der Waals surface area contributed by atoms with Crippen LogP contribution in [0.15, 0.2) is 70.2 Å². The van der Waals surface area contributed by atoms with Gasteiger partial charge in [0.2, 0.25) is 11.8 Å². The maximum absolute atomic E-state index is 5.74. The van der Waals surface area contributed by atoms with Crippen LogP contribution in [0.4, 0.5) is 0 Å². The highest BCUT2D eigenvalue weighted by atomic mass is 32.2. The van der Waals surface area contributed by atoms with Crippen LogP contribution in [0, 0.1) is 0 Å². The molecule has 2 aromatic heterocycles. The van der Waals surface area contributed by atoms with Gasteiger partial charge in [0, 0.05) is 12.6 Å². The maximum atomic E-state index is 5.74. The molecule has 26 heavy (non-hydrogen) atoms. The van der Waals surface area contributed by atoms with E-state index in [1.54, 1.807) is 0 Å². The second kappa shape index (κ2) is 7.53. The molecule has 4 rings (SSSR count). The Morgan fingerprint density at radius 3 is 2.31 bits per heavy atom. The van der Waals surface area contributed by atoms with E-state index in [4.69, 9.17) is 4.42 Å². The summed E-state index contributed by atoms with van der Waals surface area (Å²) in [6.07, 6.45) is 0.640. The van der Waals surface area contributed by atoms with E-state index < -0.39 is 0 Å². The molecule has 0 bridgehead atoms. The van der Waals surface area contributed by atoms with Gasteiger partial charge in [0.05, 0.1) is 12.2 Å². The minimum absolute atomic E-state index is 0.558. The summed E-state index contributed by atoms with van der Waals surface area (Å²) >= 11 is 1.53. The van der Waals surface area contributed by atoms with Crippen molar-refractivity contribution in [3.05, 3.63) is 78.0 Å². The van der Waals surface area contributed by atoms with Gasteiger partial charge in [-0.25, -0.2) is 0 Å². The molecule has 0 spiro atoms. The van der Waals surface area contributed by atoms with Crippen LogP contribution in [0.1, 0.15) is 17.3 Å². The molecule has 0 N–H and O–H groups in total. The molecule has 0 saturated heterocycles. The van der Waals surface area contributed by atoms with Crippen molar-refractivity contribution in [3.8, 4) is 11.4 Å². The van der Waals surface area contributed by atoms with Gasteiger partial charge in [-0.05, 0) is 5.56 Å². The van der Waals surface area contributed by atoms with Crippen LogP contribution in [0.25, 0.3) is 11.4 Å². The second-order valence-electron chi connectivity index (χ2n) is 5.77. The average Bonchev–Trinajstić information content (AvgIpc) is 3.28. The molecule has 0 aliphatic carbocycles. The summed E-state index contributed by atoms with van der Waals surface area (Å²) in [4.78, 5) is 0. The van der Waals surface area contributed by atoms with Crippen LogP contribution in [0.5, 0.6) is 0 Å². The molecular weight excluding hydrogens is 346 g/mol. The lowest BCUT2D eigenvalue weighted by Crippen LogP contribution is -1.95. The van der Waals surface area contributed by atoms with E-state index in [-0.39, 0.29) is 0 Å². The fourth-order valence-corrected chi connectivity index (χ4v) is 3.34. The van der Waals surface area contributed by atoms with Gasteiger partial charge in [0.25, 0.3) is 0 Å². The topological polar surface area (TPSA) is 69.6 Å². The second-order valence-corrected chi connectivity index (χ2v) is 6.71. The highest BCUT2D eigenvalue weighted by Crippen LogP contribution is 2.24. The number of benzene rings is 2. The third-order valence-electron chi connectivity index (χ3n) is 3.90. The van der Waals surface area contributed by atoms with Crippen molar-refractivity contribution in [2.75, 3.05) is 0 Å². The summed E-state index contributed by atoms with van der Waals surface area (Å²) in [5, 5.41) is 17.6. The predicted octanol–water partition coefficient (Wildman–Crippen LogP) is 3.75. The number of hydrogen-bond donors (Lipinski definition) is 0. The lowest BCUT2D eigenvalue weighted by atomic mass is 10.2. The van der Waals surface area contributed by atoms with E-state index in [1.807, 2.05) is 72.3 Å². The minimum Gasteiger partial charge on any atom is -0.424 e. The first kappa shape index (κ1) is 16.5. The molecular formula is C19H17N5OS. The van der Waals surface area contributed by atoms with Gasteiger partial charge in [-0.3, -0.25) is 0 Å². The molecule has 2 heterocycles. The van der Waals surface area contributed by atoms with Gasteiger partial charge in [0.15, 0.2) is 11.0 Å². The lowest BCUT2D eigenvalue weighted by molar-refractivity contribution is 0.474. The summed E-state index contributed by atoms with van der Waals surface area (Å²) in [6, 6.07) is 20.1. The van der Waals surface area contributed by atoms with E-state index in [0.717, 1.165) is 22.1 Å². The Morgan fingerprint density at radius 2 is 1.54 bits per heavy atom. The Bertz CT molecular complexity index is 982. The van der Waals surface area contributed by atoms with Gasteiger partial charge in [-0.1, -0.05) is 72.4 Å². The molecule has 0 aliphatic heterocycles. The first-order valence-electron chi connectivity index (χ1n) is 8.22. The summed E-state index contributed by atoms with van der Waals surface area (Å²) in [7, 11) is 1.96. The molecule has 0 unspecified atom stereocenters. The van der Waals surface area contributed by atoms with Crippen LogP contribution in [0.3, 0.4) is 0 Å². The van der Waals surface area contributed by atoms with Crippen LogP contribution >= 0.6 is 11.8 Å². The first-order valence-corrected chi connectivity index (χ1v) is 9.21. The Morgan fingerprint density at radius 1 is 0.846 bits per heavy atom. The van der Waals surface area contributed by atoms with E-state index in [2.05, 4.69) is 20.4 Å². The van der Waals surface area contributed by atoms with E-state index in [0.29, 0.717) is 24.0 Å². The highest BCUT2D eigenvalue weighted by molar-refractivity contribution is 7.98. The summed E-state index contributed by atoms with van der Waals surface area (Å²) < 4.78 is 7.71. The molecule has 0 saturated carbocycles. The standard InChI is InChI=1S/C19H17N5OS/c1-24-18(15-10-6-3-7-11-15)22-23-19(24)26-13-17-21-20-16(25-17)12-14-8-4-2-5-9-14/h2-11H,12-13H2,1H3. The lowest BCUT2D eigenvalue weighted by Gasteiger charge is -2.02. The third-order valence-corrected chi connectivity index (χ3v) is 4.90. The highest BCUT2D eigenvalue weighted by Gasteiger charge is 2.13. The third kappa shape index (κ3) is 3.67. The zero-order valence-corrected chi connectivity index (χ0v) is 15.1. The quantitative estimate of drug-likeness (QED) is 0.486. The maximum Gasteiger partial charge on any atom is 0.226 e. The minimum atomic E-state index is 0.558. The first-order chi connectivity index (χ1) is 12.8. The average molecular weight is 363 g/mol. The monoisotopic (exact) mass is 363 g/mol. The Hall–Kier alpha value is -2.93. The SMILES string of the molecule is Cn1c(SCc2nnc(Cc3ccccc3)o2)nnc1-c1ccccc1. The van der Waals surface area contributed by atoms with Crippen LogP contribution < -0.4 is 0 Å². The molecule has 130 valence electrons. The summed E-state index contributed by atoms with van der Waals surface area (Å²) in [6.45, 7) is 0. The smallest absolute Gasteiger partial charge is 0.226 e. The largest absolute Gasteiger partial charge is 0.424 e. The molecule has 0 fully saturated rings. The molecule has 0 amide bonds. The fraction of sp³-hybridized carbons (Fsp3) is 0.158. The van der Waals surface area contributed by atoms with Crippen molar-refractivity contribution in [2.24, 2.45) is 7.05 Å². The summed E-state index contributed by atoms with van der Waals surface area (Å²) in [5.74, 6) is 2.60. The van der Waals surface area contributed by atoms with Crippen molar-refractivity contribution in [2.45, 2.75) is 17.3 Å². The van der Waals surface area contributed by atoms with Gasteiger partial charge in [-0.2, -0.15) is 0 Å². The van der Waals surface area contributed by atoms with E-state index in [9.17, 15) is 0 Å². The molecule has 0 atom stereocenters. The molecule has 4 aromatic rings. The van der Waals surface area contributed by atoms with E-state index >= 15 is 0 Å². The fourth-order valence-electron chi connectivity index (χ4n) is 2.59. The number of rotatable bonds is 6. The van der Waals surface area contributed by atoms with Crippen molar-refractivity contribution < 1.29 is 4.42 Å². The number of nitrogens with zero attached hydrogens (tertiary/aromatic N) is 5. The molecule has 6 nitrogen and oxygen atoms in total. The zero-order chi connectivity index (χ0) is 17.8. The zero-order valence-electron chi connectivity index (χ0n) is 14.2. The van der Waals surface area contributed by atoms with Gasteiger partial charge >= 0.3 is 0 Å². The number of hydrogen-bond acceptors (Lipinski definition) is 6. The predicted molar refractivity (Wildman–Crippen MR) is 99.5 cm³/mol. The summed E-state index contributed by atoms with van der Waals surface area (Å²) in [5.41, 5.74) is 2.19. The number of aromatic nitrogens is 5. The van der Waals surface area contributed by atoms with E-state index in [1.165, 1.54) is 11.8 Å². The van der Waals surface area contributed by atoms with Crippen molar-refractivity contribution in [3.63, 3.8) is 0 Å². The number of thioether (sulfide) groups is 1. The van der Waals surface area contributed by atoms with Gasteiger partial charge in [0.1, 0.15) is 0 Å². The van der Waals surface area contributed by atoms with Crippen molar-refractivity contribution in [1.29, 1.82) is 0 Å². The Kier molecular flexibility index (Phi) is 4.79. The van der Waals surface area contributed by atoms with Crippen LogP contribution in [-0.4, -0.2) is 25.0 Å². The Labute approximate surface area is 155 Å².